The Morgan fingerprint density at radius 2 is 2.08 bits per heavy atom. The first-order chi connectivity index (χ1) is 12.8. The maximum Gasteiger partial charge on any atom is 0.271 e. The van der Waals surface area contributed by atoms with Gasteiger partial charge in [0.05, 0.1) is 6.10 Å². The van der Waals surface area contributed by atoms with E-state index in [1.165, 1.54) is 0 Å². The largest absolute Gasteiger partial charge is 0.454 e. The molecule has 2 N–H and O–H groups in total. The number of benzene rings is 1. The van der Waals surface area contributed by atoms with Gasteiger partial charge in [-0.05, 0) is 42.7 Å². The van der Waals surface area contributed by atoms with Gasteiger partial charge in [-0.15, -0.1) is 10.2 Å². The molecule has 1 saturated heterocycles. The fraction of sp³-hybridized carbons (Fsp3) is 0.389. The molecule has 2 aromatic rings. The first-order valence-electron chi connectivity index (χ1n) is 8.64. The highest BCUT2D eigenvalue weighted by atomic mass is 16.7. The summed E-state index contributed by atoms with van der Waals surface area (Å²) in [4.78, 5) is 12.1. The standard InChI is InChI=1S/C18H20N4O4/c23-18(20-10-13-2-1-7-24-13)14-4-6-17(22-21-14)19-9-12-3-5-15-16(8-12)26-11-25-15/h3-6,8,13H,1-2,7,9-11H2,(H,19,22)(H,20,23). The number of hydrogen-bond donors (Lipinski definition) is 2. The number of carbonyl (C=O) groups is 1. The van der Waals surface area contributed by atoms with E-state index in [1.54, 1.807) is 12.1 Å². The SMILES string of the molecule is O=C(NCC1CCCO1)c1ccc(NCc2ccc3c(c2)OCO3)nn1. The lowest BCUT2D eigenvalue weighted by Gasteiger charge is -2.10. The number of nitrogens with one attached hydrogen (secondary N) is 2. The van der Waals surface area contributed by atoms with E-state index < -0.39 is 0 Å². The molecular formula is C18H20N4O4. The molecule has 0 aliphatic carbocycles. The predicted octanol–water partition coefficient (Wildman–Crippen LogP) is 1.73. The maximum absolute atomic E-state index is 12.1. The van der Waals surface area contributed by atoms with E-state index in [0.29, 0.717) is 18.9 Å². The third-order valence-electron chi connectivity index (χ3n) is 4.32. The molecule has 2 aliphatic heterocycles. The summed E-state index contributed by atoms with van der Waals surface area (Å²) in [6.07, 6.45) is 2.13. The molecule has 1 unspecified atom stereocenters. The number of aromatic nitrogens is 2. The highest BCUT2D eigenvalue weighted by Gasteiger charge is 2.17. The second kappa shape index (κ2) is 7.57. The number of ether oxygens (including phenoxy) is 3. The van der Waals surface area contributed by atoms with Gasteiger partial charge in [-0.1, -0.05) is 6.07 Å². The van der Waals surface area contributed by atoms with E-state index >= 15 is 0 Å². The van der Waals surface area contributed by atoms with Crippen LogP contribution in [0.3, 0.4) is 0 Å². The summed E-state index contributed by atoms with van der Waals surface area (Å²) in [5.41, 5.74) is 1.33. The number of amides is 1. The van der Waals surface area contributed by atoms with Crippen molar-refractivity contribution in [3.05, 3.63) is 41.6 Å². The van der Waals surface area contributed by atoms with Crippen LogP contribution in [0.2, 0.25) is 0 Å². The summed E-state index contributed by atoms with van der Waals surface area (Å²) in [6, 6.07) is 9.16. The Kier molecular flexibility index (Phi) is 4.83. The lowest BCUT2D eigenvalue weighted by atomic mass is 10.2. The minimum Gasteiger partial charge on any atom is -0.454 e. The van der Waals surface area contributed by atoms with Gasteiger partial charge in [0.1, 0.15) is 5.82 Å². The second-order valence-electron chi connectivity index (χ2n) is 6.19. The first kappa shape index (κ1) is 16.6. The summed E-state index contributed by atoms with van der Waals surface area (Å²) >= 11 is 0. The highest BCUT2D eigenvalue weighted by molar-refractivity contribution is 5.92. The minimum absolute atomic E-state index is 0.106. The number of fused-ring (bicyclic) bond motifs is 1. The van der Waals surface area contributed by atoms with Gasteiger partial charge in [0.15, 0.2) is 17.2 Å². The van der Waals surface area contributed by atoms with Crippen molar-refractivity contribution in [3.8, 4) is 11.5 Å². The van der Waals surface area contributed by atoms with E-state index in [0.717, 1.165) is 36.5 Å². The fourth-order valence-electron chi connectivity index (χ4n) is 2.89. The summed E-state index contributed by atoms with van der Waals surface area (Å²) in [5, 5.41) is 14.0. The molecule has 1 aromatic heterocycles. The zero-order chi connectivity index (χ0) is 17.8. The normalized spacial score (nSPS) is 17.9. The molecular weight excluding hydrogens is 336 g/mol. The van der Waals surface area contributed by atoms with Gasteiger partial charge in [0.2, 0.25) is 6.79 Å². The second-order valence-corrected chi connectivity index (χ2v) is 6.19. The highest BCUT2D eigenvalue weighted by Crippen LogP contribution is 2.32. The van der Waals surface area contributed by atoms with E-state index in [4.69, 9.17) is 14.2 Å². The van der Waals surface area contributed by atoms with Crippen LogP contribution < -0.4 is 20.1 Å². The Bertz CT molecular complexity index is 775. The molecule has 26 heavy (non-hydrogen) atoms. The summed E-state index contributed by atoms with van der Waals surface area (Å²) in [5.74, 6) is 1.86. The van der Waals surface area contributed by atoms with Crippen LogP contribution in [0.4, 0.5) is 5.82 Å². The van der Waals surface area contributed by atoms with Crippen molar-refractivity contribution in [2.24, 2.45) is 0 Å². The van der Waals surface area contributed by atoms with E-state index in [2.05, 4.69) is 20.8 Å². The van der Waals surface area contributed by atoms with Gasteiger partial charge in [-0.3, -0.25) is 4.79 Å². The van der Waals surface area contributed by atoms with Crippen LogP contribution >= 0.6 is 0 Å². The first-order valence-corrected chi connectivity index (χ1v) is 8.64. The molecule has 1 atom stereocenters. The Morgan fingerprint density at radius 3 is 2.88 bits per heavy atom. The minimum atomic E-state index is -0.240. The molecule has 3 heterocycles. The van der Waals surface area contributed by atoms with Crippen molar-refractivity contribution in [2.75, 3.05) is 25.3 Å². The number of nitrogens with zero attached hydrogens (tertiary/aromatic N) is 2. The number of anilines is 1. The Morgan fingerprint density at radius 1 is 1.15 bits per heavy atom. The van der Waals surface area contributed by atoms with Crippen molar-refractivity contribution >= 4 is 11.7 Å². The van der Waals surface area contributed by atoms with Gasteiger partial charge < -0.3 is 24.8 Å². The molecule has 8 nitrogen and oxygen atoms in total. The Balaban J connectivity index is 1.29. The van der Waals surface area contributed by atoms with Crippen LogP contribution in [0.1, 0.15) is 28.9 Å². The average Bonchev–Trinajstić information content (AvgIpc) is 3.36. The predicted molar refractivity (Wildman–Crippen MR) is 93.2 cm³/mol. The van der Waals surface area contributed by atoms with Crippen molar-refractivity contribution in [1.82, 2.24) is 15.5 Å². The van der Waals surface area contributed by atoms with Crippen LogP contribution in [-0.4, -0.2) is 42.2 Å². The van der Waals surface area contributed by atoms with Gasteiger partial charge >= 0.3 is 0 Å². The van der Waals surface area contributed by atoms with Gasteiger partial charge in [-0.25, -0.2) is 0 Å². The van der Waals surface area contributed by atoms with E-state index in [1.807, 2.05) is 18.2 Å². The van der Waals surface area contributed by atoms with E-state index in [9.17, 15) is 4.79 Å². The van der Waals surface area contributed by atoms with Crippen LogP contribution in [0.5, 0.6) is 11.5 Å². The maximum atomic E-state index is 12.1. The molecule has 4 rings (SSSR count). The molecule has 1 amide bonds. The van der Waals surface area contributed by atoms with E-state index in [-0.39, 0.29) is 24.5 Å². The quantitative estimate of drug-likeness (QED) is 0.814. The lowest BCUT2D eigenvalue weighted by molar-refractivity contribution is 0.0853. The van der Waals surface area contributed by atoms with Crippen LogP contribution in [0, 0.1) is 0 Å². The summed E-state index contributed by atoms with van der Waals surface area (Å²) in [7, 11) is 0. The van der Waals surface area contributed by atoms with Crippen molar-refractivity contribution in [3.63, 3.8) is 0 Å². The number of rotatable bonds is 6. The molecule has 1 aromatic carbocycles. The third kappa shape index (κ3) is 3.85. The molecule has 0 saturated carbocycles. The molecule has 0 radical (unpaired) electrons. The van der Waals surface area contributed by atoms with Crippen LogP contribution in [0.15, 0.2) is 30.3 Å². The van der Waals surface area contributed by atoms with Gasteiger partial charge in [0.25, 0.3) is 5.91 Å². The average molecular weight is 356 g/mol. The molecule has 2 aliphatic rings. The third-order valence-corrected chi connectivity index (χ3v) is 4.32. The lowest BCUT2D eigenvalue weighted by Crippen LogP contribution is -2.32. The number of hydrogen-bond acceptors (Lipinski definition) is 7. The van der Waals surface area contributed by atoms with Crippen LogP contribution in [0.25, 0.3) is 0 Å². The van der Waals surface area contributed by atoms with Gasteiger partial charge in [-0.2, -0.15) is 0 Å². The van der Waals surface area contributed by atoms with Crippen molar-refractivity contribution in [1.29, 1.82) is 0 Å². The molecule has 8 heteroatoms. The molecule has 136 valence electrons. The fourth-order valence-corrected chi connectivity index (χ4v) is 2.89. The molecule has 0 bridgehead atoms. The Labute approximate surface area is 150 Å². The monoisotopic (exact) mass is 356 g/mol. The zero-order valence-corrected chi connectivity index (χ0v) is 14.2. The molecule has 1 fully saturated rings. The van der Waals surface area contributed by atoms with Gasteiger partial charge in [0, 0.05) is 19.7 Å². The zero-order valence-electron chi connectivity index (χ0n) is 14.2. The Hall–Kier alpha value is -2.87. The summed E-state index contributed by atoms with van der Waals surface area (Å²) < 4.78 is 16.1. The smallest absolute Gasteiger partial charge is 0.271 e. The van der Waals surface area contributed by atoms with Crippen molar-refractivity contribution in [2.45, 2.75) is 25.5 Å². The molecule has 0 spiro atoms. The number of carbonyl (C=O) groups excluding carboxylic acids is 1. The van der Waals surface area contributed by atoms with Crippen molar-refractivity contribution < 1.29 is 19.0 Å². The topological polar surface area (TPSA) is 94.6 Å². The van der Waals surface area contributed by atoms with Crippen LogP contribution in [-0.2, 0) is 11.3 Å². The summed E-state index contributed by atoms with van der Waals surface area (Å²) in [6.45, 7) is 2.10.